The smallest absolute Gasteiger partial charge is 0.323 e. The van der Waals surface area contributed by atoms with Gasteiger partial charge in [0.15, 0.2) is 0 Å². The van der Waals surface area contributed by atoms with Crippen LogP contribution in [0, 0.1) is 0 Å². The summed E-state index contributed by atoms with van der Waals surface area (Å²) in [4.78, 5) is 28.3. The summed E-state index contributed by atoms with van der Waals surface area (Å²) >= 11 is 3.25. The zero-order valence-corrected chi connectivity index (χ0v) is 12.6. The van der Waals surface area contributed by atoms with Gasteiger partial charge < -0.3 is 10.4 Å². The quantitative estimate of drug-likeness (QED) is 0.856. The van der Waals surface area contributed by atoms with E-state index in [0.717, 1.165) is 4.47 Å². The van der Waals surface area contributed by atoms with E-state index in [2.05, 4.69) is 26.2 Å². The number of rotatable bonds is 5. The number of nitrogens with zero attached hydrogens (tertiary/aromatic N) is 2. The maximum atomic E-state index is 11.8. The van der Waals surface area contributed by atoms with Crippen LogP contribution in [0.3, 0.4) is 0 Å². The Balaban J connectivity index is 2.61. The van der Waals surface area contributed by atoms with E-state index in [1.807, 2.05) is 0 Å². The van der Waals surface area contributed by atoms with Crippen molar-refractivity contribution in [3.63, 3.8) is 0 Å². The number of carboxylic acids is 1. The molecule has 7 heteroatoms. The molecule has 1 rings (SSSR count). The maximum absolute atomic E-state index is 11.8. The van der Waals surface area contributed by atoms with E-state index in [4.69, 9.17) is 5.11 Å². The summed E-state index contributed by atoms with van der Waals surface area (Å²) in [5.74, 6) is -0.869. The van der Waals surface area contributed by atoms with Gasteiger partial charge in [0.1, 0.15) is 11.4 Å². The number of amides is 1. The molecule has 0 unspecified atom stereocenters. The number of carbonyl (C=O) groups excluding carboxylic acids is 1. The van der Waals surface area contributed by atoms with Crippen molar-refractivity contribution in [1.82, 2.24) is 9.88 Å². The van der Waals surface area contributed by atoms with E-state index in [1.165, 1.54) is 4.90 Å². The molecule has 0 atom stereocenters. The number of aliphatic carboxylic acids is 1. The summed E-state index contributed by atoms with van der Waals surface area (Å²) in [6.07, 6.45) is 1.57. The average molecular weight is 330 g/mol. The number of likely N-dealkylation sites (N-methyl/N-ethyl adjacent to an activating group) is 1. The van der Waals surface area contributed by atoms with Gasteiger partial charge in [-0.15, -0.1) is 0 Å². The van der Waals surface area contributed by atoms with Crippen molar-refractivity contribution in [3.05, 3.63) is 22.8 Å². The SMILES string of the molecule is CN(CC(=O)Nc1ccc(Br)cn1)C(C)(C)C(=O)O. The molecule has 0 aliphatic heterocycles. The van der Waals surface area contributed by atoms with Crippen LogP contribution in [0.25, 0.3) is 0 Å². The van der Waals surface area contributed by atoms with Gasteiger partial charge in [-0.3, -0.25) is 14.5 Å². The number of anilines is 1. The van der Waals surface area contributed by atoms with E-state index in [9.17, 15) is 9.59 Å². The third-order valence-electron chi connectivity index (χ3n) is 2.85. The second kappa shape index (κ2) is 6.12. The molecule has 0 bridgehead atoms. The highest BCUT2D eigenvalue weighted by Crippen LogP contribution is 2.13. The minimum absolute atomic E-state index is 0.0307. The van der Waals surface area contributed by atoms with Gasteiger partial charge in [-0.2, -0.15) is 0 Å². The number of hydrogen-bond donors (Lipinski definition) is 2. The van der Waals surface area contributed by atoms with Crippen LogP contribution in [-0.4, -0.2) is 46.0 Å². The third kappa shape index (κ3) is 4.29. The number of carboxylic acid groups (broad SMARTS) is 1. The highest BCUT2D eigenvalue weighted by molar-refractivity contribution is 9.10. The minimum atomic E-state index is -1.11. The van der Waals surface area contributed by atoms with Crippen LogP contribution in [0.15, 0.2) is 22.8 Å². The second-order valence-electron chi connectivity index (χ2n) is 4.63. The summed E-state index contributed by atoms with van der Waals surface area (Å²) in [6.45, 7) is 3.05. The van der Waals surface area contributed by atoms with Gasteiger partial charge in [0.25, 0.3) is 0 Å². The fourth-order valence-electron chi connectivity index (χ4n) is 1.21. The molecule has 1 aromatic heterocycles. The summed E-state index contributed by atoms with van der Waals surface area (Å²) in [7, 11) is 1.59. The fraction of sp³-hybridized carbons (Fsp3) is 0.417. The zero-order chi connectivity index (χ0) is 14.6. The first-order valence-electron chi connectivity index (χ1n) is 5.59. The molecule has 6 nitrogen and oxygen atoms in total. The maximum Gasteiger partial charge on any atom is 0.323 e. The first kappa shape index (κ1) is 15.6. The van der Waals surface area contributed by atoms with Gasteiger partial charge >= 0.3 is 5.97 Å². The van der Waals surface area contributed by atoms with Crippen molar-refractivity contribution in [1.29, 1.82) is 0 Å². The lowest BCUT2D eigenvalue weighted by atomic mass is 10.0. The van der Waals surface area contributed by atoms with Crippen molar-refractivity contribution in [2.75, 3.05) is 18.9 Å². The Morgan fingerprint density at radius 1 is 1.47 bits per heavy atom. The van der Waals surface area contributed by atoms with E-state index < -0.39 is 11.5 Å². The van der Waals surface area contributed by atoms with Gasteiger partial charge in [0.05, 0.1) is 6.54 Å². The Morgan fingerprint density at radius 2 is 2.11 bits per heavy atom. The summed E-state index contributed by atoms with van der Waals surface area (Å²) in [5.41, 5.74) is -1.11. The Labute approximate surface area is 120 Å². The minimum Gasteiger partial charge on any atom is -0.480 e. The molecule has 1 aromatic rings. The highest BCUT2D eigenvalue weighted by atomic mass is 79.9. The van der Waals surface area contributed by atoms with Crippen molar-refractivity contribution < 1.29 is 14.7 Å². The molecule has 1 amide bonds. The lowest BCUT2D eigenvalue weighted by Gasteiger charge is -2.30. The first-order chi connectivity index (χ1) is 8.73. The van der Waals surface area contributed by atoms with Gasteiger partial charge in [-0.05, 0) is 49.0 Å². The topological polar surface area (TPSA) is 82.5 Å². The number of hydrogen-bond acceptors (Lipinski definition) is 4. The highest BCUT2D eigenvalue weighted by Gasteiger charge is 2.32. The van der Waals surface area contributed by atoms with Crippen LogP contribution in [0.5, 0.6) is 0 Å². The summed E-state index contributed by atoms with van der Waals surface area (Å²) in [5, 5.41) is 11.7. The number of nitrogens with one attached hydrogen (secondary N) is 1. The van der Waals surface area contributed by atoms with Crippen molar-refractivity contribution in [2.45, 2.75) is 19.4 Å². The number of pyridine rings is 1. The van der Waals surface area contributed by atoms with Gasteiger partial charge in [-0.25, -0.2) is 4.98 Å². The lowest BCUT2D eigenvalue weighted by molar-refractivity contribution is -0.148. The molecule has 0 saturated heterocycles. The van der Waals surface area contributed by atoms with Crippen LogP contribution in [0.2, 0.25) is 0 Å². The summed E-state index contributed by atoms with van der Waals surface area (Å²) in [6, 6.07) is 3.41. The molecule has 0 radical (unpaired) electrons. The molecule has 2 N–H and O–H groups in total. The predicted molar refractivity (Wildman–Crippen MR) is 74.9 cm³/mol. The van der Waals surface area contributed by atoms with E-state index in [1.54, 1.807) is 39.2 Å². The van der Waals surface area contributed by atoms with Gasteiger partial charge in [0, 0.05) is 10.7 Å². The molecular formula is C12H16BrN3O3. The van der Waals surface area contributed by atoms with Crippen molar-refractivity contribution in [3.8, 4) is 0 Å². The average Bonchev–Trinajstić information content (AvgIpc) is 2.31. The Kier molecular flexibility index (Phi) is 5.02. The van der Waals surface area contributed by atoms with Crippen LogP contribution >= 0.6 is 15.9 Å². The van der Waals surface area contributed by atoms with Crippen LogP contribution < -0.4 is 5.32 Å². The van der Waals surface area contributed by atoms with Crippen LogP contribution in [0.4, 0.5) is 5.82 Å². The standard InChI is InChI=1S/C12H16BrN3O3/c1-12(2,11(18)19)16(3)7-10(17)15-9-5-4-8(13)6-14-9/h4-6H,7H2,1-3H3,(H,18,19)(H,14,15,17). The van der Waals surface area contributed by atoms with Crippen molar-refractivity contribution >= 4 is 33.6 Å². The lowest BCUT2D eigenvalue weighted by Crippen LogP contribution is -2.50. The monoisotopic (exact) mass is 329 g/mol. The molecule has 0 aromatic carbocycles. The number of halogens is 1. The number of aromatic nitrogens is 1. The first-order valence-corrected chi connectivity index (χ1v) is 6.39. The molecule has 0 aliphatic carbocycles. The fourth-order valence-corrected chi connectivity index (χ4v) is 1.44. The van der Waals surface area contributed by atoms with E-state index >= 15 is 0 Å². The van der Waals surface area contributed by atoms with E-state index in [-0.39, 0.29) is 12.5 Å². The molecular weight excluding hydrogens is 314 g/mol. The molecule has 1 heterocycles. The third-order valence-corrected chi connectivity index (χ3v) is 3.32. The predicted octanol–water partition coefficient (Wildman–Crippen LogP) is 1.58. The Morgan fingerprint density at radius 3 is 2.58 bits per heavy atom. The summed E-state index contributed by atoms with van der Waals surface area (Å²) < 4.78 is 0.814. The molecule has 19 heavy (non-hydrogen) atoms. The van der Waals surface area contributed by atoms with Gasteiger partial charge in [0.2, 0.25) is 5.91 Å². The Hall–Kier alpha value is -1.47. The molecule has 0 aliphatic rings. The number of carbonyl (C=O) groups is 2. The van der Waals surface area contributed by atoms with Gasteiger partial charge in [-0.1, -0.05) is 0 Å². The Bertz CT molecular complexity index is 474. The van der Waals surface area contributed by atoms with Crippen LogP contribution in [-0.2, 0) is 9.59 Å². The molecule has 104 valence electrons. The molecule has 0 saturated carbocycles. The largest absolute Gasteiger partial charge is 0.480 e. The zero-order valence-electron chi connectivity index (χ0n) is 11.0. The molecule has 0 spiro atoms. The molecule has 0 fully saturated rings. The second-order valence-corrected chi connectivity index (χ2v) is 5.55. The van der Waals surface area contributed by atoms with Crippen molar-refractivity contribution in [2.24, 2.45) is 0 Å². The van der Waals surface area contributed by atoms with E-state index in [0.29, 0.717) is 5.82 Å². The normalized spacial score (nSPS) is 11.4. The van der Waals surface area contributed by atoms with Crippen LogP contribution in [0.1, 0.15) is 13.8 Å².